The minimum atomic E-state index is -2.99. The van der Waals surface area contributed by atoms with Crippen LogP contribution in [0.1, 0.15) is 19.8 Å². The SMILES string of the molecule is CCC1CN(C(=NC)NCCN2CCCS2(=O)=O)CCS1. The molecular formula is C13H26N4O2S2. The van der Waals surface area contributed by atoms with Crippen LogP contribution >= 0.6 is 11.8 Å². The van der Waals surface area contributed by atoms with E-state index in [1.165, 1.54) is 6.42 Å². The van der Waals surface area contributed by atoms with Gasteiger partial charge in [0.2, 0.25) is 10.0 Å². The molecule has 0 amide bonds. The zero-order valence-electron chi connectivity index (χ0n) is 12.9. The maximum Gasteiger partial charge on any atom is 0.214 e. The maximum atomic E-state index is 11.7. The number of aliphatic imine (C=N–C) groups is 1. The fourth-order valence-electron chi connectivity index (χ4n) is 2.73. The Bertz CT molecular complexity index is 467. The lowest BCUT2D eigenvalue weighted by molar-refractivity contribution is 0.399. The minimum Gasteiger partial charge on any atom is -0.355 e. The summed E-state index contributed by atoms with van der Waals surface area (Å²) in [5.41, 5.74) is 0. The van der Waals surface area contributed by atoms with E-state index in [2.05, 4.69) is 22.1 Å². The number of rotatable bonds is 4. The largest absolute Gasteiger partial charge is 0.355 e. The first-order valence-corrected chi connectivity index (χ1v) is 10.3. The molecule has 122 valence electrons. The van der Waals surface area contributed by atoms with Crippen LogP contribution in [0.3, 0.4) is 0 Å². The molecule has 2 saturated heterocycles. The van der Waals surface area contributed by atoms with Crippen LogP contribution < -0.4 is 5.32 Å². The number of nitrogens with zero attached hydrogens (tertiary/aromatic N) is 3. The molecule has 8 heteroatoms. The smallest absolute Gasteiger partial charge is 0.214 e. The molecule has 0 bridgehead atoms. The highest BCUT2D eigenvalue weighted by Gasteiger charge is 2.28. The standard InChI is InChI=1S/C13H26N4O2S2/c1-3-12-11-16(8-9-20-12)13(14-2)15-5-7-17-6-4-10-21(17,18)19/h12H,3-11H2,1-2H3,(H,14,15). The predicted molar refractivity (Wildman–Crippen MR) is 89.4 cm³/mol. The van der Waals surface area contributed by atoms with Crippen molar-refractivity contribution in [3.8, 4) is 0 Å². The average molecular weight is 335 g/mol. The van der Waals surface area contributed by atoms with Gasteiger partial charge in [-0.25, -0.2) is 12.7 Å². The van der Waals surface area contributed by atoms with E-state index in [1.807, 2.05) is 11.8 Å². The van der Waals surface area contributed by atoms with Crippen LogP contribution in [-0.2, 0) is 10.0 Å². The molecule has 2 rings (SSSR count). The lowest BCUT2D eigenvalue weighted by Gasteiger charge is -2.34. The van der Waals surface area contributed by atoms with Crippen LogP contribution in [0.25, 0.3) is 0 Å². The number of sulfonamides is 1. The van der Waals surface area contributed by atoms with Crippen molar-refractivity contribution in [1.29, 1.82) is 0 Å². The van der Waals surface area contributed by atoms with Gasteiger partial charge in [0.1, 0.15) is 0 Å². The third kappa shape index (κ3) is 4.50. The first-order chi connectivity index (χ1) is 10.1. The van der Waals surface area contributed by atoms with Gasteiger partial charge in [-0.2, -0.15) is 11.8 Å². The van der Waals surface area contributed by atoms with Crippen molar-refractivity contribution in [2.45, 2.75) is 25.0 Å². The molecule has 2 aliphatic rings. The Morgan fingerprint density at radius 1 is 1.43 bits per heavy atom. The highest BCUT2D eigenvalue weighted by atomic mass is 32.2. The lowest BCUT2D eigenvalue weighted by Crippen LogP contribution is -2.49. The van der Waals surface area contributed by atoms with Gasteiger partial charge < -0.3 is 10.2 Å². The Labute approximate surface area is 132 Å². The molecule has 0 aromatic rings. The van der Waals surface area contributed by atoms with Gasteiger partial charge in [0.25, 0.3) is 0 Å². The highest BCUT2D eigenvalue weighted by Crippen LogP contribution is 2.21. The van der Waals surface area contributed by atoms with E-state index in [1.54, 1.807) is 11.4 Å². The van der Waals surface area contributed by atoms with E-state index in [9.17, 15) is 8.42 Å². The van der Waals surface area contributed by atoms with Crippen molar-refractivity contribution < 1.29 is 8.42 Å². The molecule has 0 aliphatic carbocycles. The lowest BCUT2D eigenvalue weighted by atomic mass is 10.3. The van der Waals surface area contributed by atoms with Gasteiger partial charge in [0.15, 0.2) is 5.96 Å². The molecular weight excluding hydrogens is 308 g/mol. The topological polar surface area (TPSA) is 65.0 Å². The van der Waals surface area contributed by atoms with Crippen LogP contribution in [0.2, 0.25) is 0 Å². The summed E-state index contributed by atoms with van der Waals surface area (Å²) in [5, 5.41) is 3.97. The monoisotopic (exact) mass is 334 g/mol. The summed E-state index contributed by atoms with van der Waals surface area (Å²) in [7, 11) is -1.20. The molecule has 2 fully saturated rings. The summed E-state index contributed by atoms with van der Waals surface area (Å²) in [6.45, 7) is 6.04. The molecule has 1 N–H and O–H groups in total. The first kappa shape index (κ1) is 16.9. The average Bonchev–Trinajstić information content (AvgIpc) is 2.82. The van der Waals surface area contributed by atoms with Crippen molar-refractivity contribution in [2.75, 3.05) is 51.3 Å². The molecule has 1 atom stereocenters. The van der Waals surface area contributed by atoms with E-state index in [0.29, 0.717) is 30.6 Å². The van der Waals surface area contributed by atoms with Crippen LogP contribution in [0, 0.1) is 0 Å². The summed E-state index contributed by atoms with van der Waals surface area (Å²) < 4.78 is 25.1. The molecule has 2 aliphatic heterocycles. The molecule has 0 aromatic heterocycles. The van der Waals surface area contributed by atoms with E-state index >= 15 is 0 Å². The Kier molecular flexibility index (Phi) is 6.19. The van der Waals surface area contributed by atoms with Gasteiger partial charge in [-0.05, 0) is 12.8 Å². The van der Waals surface area contributed by atoms with E-state index in [-0.39, 0.29) is 0 Å². The van der Waals surface area contributed by atoms with Crippen LogP contribution in [0.4, 0.5) is 0 Å². The molecule has 6 nitrogen and oxygen atoms in total. The normalized spacial score (nSPS) is 27.0. The molecule has 0 radical (unpaired) electrons. The Morgan fingerprint density at radius 2 is 2.24 bits per heavy atom. The van der Waals surface area contributed by atoms with Gasteiger partial charge in [-0.1, -0.05) is 6.92 Å². The minimum absolute atomic E-state index is 0.295. The van der Waals surface area contributed by atoms with Crippen LogP contribution in [-0.4, -0.2) is 80.1 Å². The molecule has 0 aromatic carbocycles. The van der Waals surface area contributed by atoms with Gasteiger partial charge in [0.05, 0.1) is 5.75 Å². The maximum absolute atomic E-state index is 11.7. The van der Waals surface area contributed by atoms with E-state index < -0.39 is 10.0 Å². The number of hydrogen-bond donors (Lipinski definition) is 1. The first-order valence-electron chi connectivity index (χ1n) is 7.62. The Hall–Kier alpha value is -0.470. The van der Waals surface area contributed by atoms with Gasteiger partial charge >= 0.3 is 0 Å². The second-order valence-corrected chi connectivity index (χ2v) is 8.89. The number of guanidine groups is 1. The van der Waals surface area contributed by atoms with Gasteiger partial charge in [0, 0.05) is 50.8 Å². The Morgan fingerprint density at radius 3 is 2.86 bits per heavy atom. The number of nitrogens with one attached hydrogen (secondary N) is 1. The number of hydrogen-bond acceptors (Lipinski definition) is 4. The third-order valence-electron chi connectivity index (χ3n) is 3.95. The Balaban J connectivity index is 1.80. The summed E-state index contributed by atoms with van der Waals surface area (Å²) in [6.07, 6.45) is 1.92. The molecule has 21 heavy (non-hydrogen) atoms. The molecule has 0 spiro atoms. The van der Waals surface area contributed by atoms with Crippen molar-refractivity contribution >= 4 is 27.7 Å². The second-order valence-electron chi connectivity index (χ2n) is 5.39. The van der Waals surface area contributed by atoms with Crippen LogP contribution in [0.5, 0.6) is 0 Å². The van der Waals surface area contributed by atoms with Crippen molar-refractivity contribution in [1.82, 2.24) is 14.5 Å². The third-order valence-corrected chi connectivity index (χ3v) is 7.28. The number of thioether (sulfide) groups is 1. The van der Waals surface area contributed by atoms with E-state index in [0.717, 1.165) is 31.2 Å². The van der Waals surface area contributed by atoms with Crippen molar-refractivity contribution in [3.63, 3.8) is 0 Å². The second kappa shape index (κ2) is 7.69. The zero-order valence-corrected chi connectivity index (χ0v) is 14.5. The molecule has 1 unspecified atom stereocenters. The van der Waals surface area contributed by atoms with Gasteiger partial charge in [-0.3, -0.25) is 4.99 Å². The van der Waals surface area contributed by atoms with Crippen molar-refractivity contribution in [2.24, 2.45) is 4.99 Å². The predicted octanol–water partition coefficient (Wildman–Crippen LogP) is 0.425. The highest BCUT2D eigenvalue weighted by molar-refractivity contribution is 8.00. The van der Waals surface area contributed by atoms with Crippen LogP contribution in [0.15, 0.2) is 4.99 Å². The summed E-state index contributed by atoms with van der Waals surface area (Å²) in [5.74, 6) is 2.31. The summed E-state index contributed by atoms with van der Waals surface area (Å²) in [4.78, 5) is 6.62. The zero-order chi connectivity index (χ0) is 15.3. The quantitative estimate of drug-likeness (QED) is 0.596. The molecule has 2 heterocycles. The fourth-order valence-corrected chi connectivity index (χ4v) is 5.43. The molecule has 0 saturated carbocycles. The summed E-state index contributed by atoms with van der Waals surface area (Å²) >= 11 is 2.03. The fraction of sp³-hybridized carbons (Fsp3) is 0.923. The van der Waals surface area contributed by atoms with Gasteiger partial charge in [-0.15, -0.1) is 0 Å². The summed E-state index contributed by atoms with van der Waals surface area (Å²) in [6, 6.07) is 0. The van der Waals surface area contributed by atoms with E-state index in [4.69, 9.17) is 0 Å². The van der Waals surface area contributed by atoms with Crippen molar-refractivity contribution in [3.05, 3.63) is 0 Å².